The van der Waals surface area contributed by atoms with Crippen LogP contribution in [0.4, 0.5) is 0 Å². The quantitative estimate of drug-likeness (QED) is 0.120. The van der Waals surface area contributed by atoms with Crippen LogP contribution in [0.5, 0.6) is 0 Å². The maximum atomic E-state index is 8.88. The van der Waals surface area contributed by atoms with Crippen molar-refractivity contribution in [1.29, 1.82) is 0 Å². The summed E-state index contributed by atoms with van der Waals surface area (Å²) in [5, 5.41) is 0. The molecule has 12 nitrogen and oxygen atoms in total. The van der Waals surface area contributed by atoms with Crippen LogP contribution < -0.4 is 0 Å². The molecule has 0 spiro atoms. The van der Waals surface area contributed by atoms with E-state index in [0.717, 1.165) is 0 Å². The Bertz CT molecular complexity index is 224. The van der Waals surface area contributed by atoms with Gasteiger partial charge in [0.15, 0.2) is 34.7 Å². The first-order valence-corrected chi connectivity index (χ1v) is 7.04. The van der Waals surface area contributed by atoms with Gasteiger partial charge in [-0.25, -0.2) is 13.7 Å². The zero-order valence-corrected chi connectivity index (χ0v) is 9.27. The first-order valence-electron chi connectivity index (χ1n) is 2.35. The standard InChI is InChI=1S/2Al.K.3Na.3H3O4P.10H/c;;;;;;3*1-5(2,3)4;;;;;;;;;;/h;;;;;;3*(H3,1,2,3,4);;;;;;;;;;. The number of rotatable bonds is 0. The minimum atomic E-state index is -4.64. The molecule has 116 valence electrons. The van der Waals surface area contributed by atoms with Gasteiger partial charge in [-0.1, -0.05) is 0 Å². The van der Waals surface area contributed by atoms with Gasteiger partial charge in [0.2, 0.25) is 0 Å². The Labute approximate surface area is 250 Å². The molecule has 9 N–H and O–H groups in total. The van der Waals surface area contributed by atoms with Crippen LogP contribution in [0.3, 0.4) is 0 Å². The van der Waals surface area contributed by atoms with Crippen molar-refractivity contribution in [3.8, 4) is 0 Å². The van der Waals surface area contributed by atoms with E-state index in [1.165, 1.54) is 0 Å². The van der Waals surface area contributed by atoms with E-state index in [4.69, 9.17) is 57.7 Å². The third-order valence-electron chi connectivity index (χ3n) is 0. The van der Waals surface area contributed by atoms with Crippen molar-refractivity contribution >= 4 is 198 Å². The molecule has 0 aliphatic heterocycles. The summed E-state index contributed by atoms with van der Waals surface area (Å²) in [4.78, 5) is 64.7. The molecule has 0 saturated heterocycles. The van der Waals surface area contributed by atoms with E-state index in [1.54, 1.807) is 0 Å². The van der Waals surface area contributed by atoms with Gasteiger partial charge in [0.1, 0.15) is 0 Å². The summed E-state index contributed by atoms with van der Waals surface area (Å²) < 4.78 is 26.6. The zero-order chi connectivity index (χ0) is 13.5. The van der Waals surface area contributed by atoms with Gasteiger partial charge in [-0.15, -0.1) is 0 Å². The van der Waals surface area contributed by atoms with Gasteiger partial charge in [0, 0.05) is 0 Å². The van der Waals surface area contributed by atoms with Crippen molar-refractivity contribution in [2.45, 2.75) is 0 Å². The molecule has 0 bridgehead atoms. The molecule has 0 rings (SSSR count). The molecular weight excluding hydrogens is 447 g/mol. The Balaban J connectivity index is -0.0000000129. The molecule has 0 aliphatic rings. The molecule has 0 radical (unpaired) electrons. The molecule has 0 saturated carbocycles. The SMILES string of the molecule is O=P(O)(O)O.O=P(O)(O)O.O=P(O)(O)O.[AlH3].[AlH3].[KH].[NaH].[NaH].[NaH]. The summed E-state index contributed by atoms with van der Waals surface area (Å²) in [6, 6.07) is 0. The average Bonchev–Trinajstić information content (AvgIpc) is 1.41. The summed E-state index contributed by atoms with van der Waals surface area (Å²) in [5.41, 5.74) is 0. The third-order valence-corrected chi connectivity index (χ3v) is 0. The maximum absolute atomic E-state index is 8.88. The molecule has 0 unspecified atom stereocenters. The Kier molecular flexibility index (Phi) is 75.8. The topological polar surface area (TPSA) is 233 Å². The predicted octanol–water partition coefficient (Wildman–Crippen LogP) is -7.75. The van der Waals surface area contributed by atoms with Crippen molar-refractivity contribution in [3.63, 3.8) is 0 Å². The first-order chi connectivity index (χ1) is 6.00. The van der Waals surface area contributed by atoms with Crippen molar-refractivity contribution in [1.82, 2.24) is 0 Å². The third kappa shape index (κ3) is 413. The van der Waals surface area contributed by atoms with Crippen LogP contribution in [-0.4, -0.2) is 219 Å². The van der Waals surface area contributed by atoms with Crippen molar-refractivity contribution in [2.75, 3.05) is 0 Å². The van der Waals surface area contributed by atoms with Gasteiger partial charge in [0.25, 0.3) is 0 Å². The van der Waals surface area contributed by atoms with Gasteiger partial charge in [0.05, 0.1) is 0 Å². The van der Waals surface area contributed by atoms with Crippen molar-refractivity contribution in [2.24, 2.45) is 0 Å². The van der Waals surface area contributed by atoms with Crippen LogP contribution in [0.15, 0.2) is 0 Å². The molecular formula is H19Al2KNa3O12P3. The average molecular weight is 466 g/mol. The van der Waals surface area contributed by atoms with Crippen LogP contribution in [0.2, 0.25) is 0 Å². The second-order valence-corrected chi connectivity index (χ2v) is 4.62. The Morgan fingerprint density at radius 1 is 0.429 bits per heavy atom. The summed E-state index contributed by atoms with van der Waals surface area (Å²) in [7, 11) is -13.9. The normalized spacial score (nSPS) is 8.43. The molecule has 0 atom stereocenters. The fourth-order valence-electron chi connectivity index (χ4n) is 0. The molecule has 0 fully saturated rings. The van der Waals surface area contributed by atoms with E-state index in [2.05, 4.69) is 0 Å². The number of phosphoric acid groups is 3. The Morgan fingerprint density at radius 3 is 0.429 bits per heavy atom. The molecule has 0 aliphatic carbocycles. The van der Waals surface area contributed by atoms with Gasteiger partial charge in [-0.05, 0) is 0 Å². The van der Waals surface area contributed by atoms with Crippen LogP contribution in [0, 0.1) is 0 Å². The first kappa shape index (κ1) is 56.3. The van der Waals surface area contributed by atoms with Crippen LogP contribution in [-0.2, 0) is 13.7 Å². The number of hydrogen-bond acceptors (Lipinski definition) is 3. The molecule has 0 heterocycles. The van der Waals surface area contributed by atoms with Gasteiger partial charge < -0.3 is 44.0 Å². The van der Waals surface area contributed by atoms with Crippen molar-refractivity contribution in [3.05, 3.63) is 0 Å². The second-order valence-electron chi connectivity index (χ2n) is 1.54. The molecule has 0 amide bonds. The summed E-state index contributed by atoms with van der Waals surface area (Å²) in [6.07, 6.45) is 0. The minimum absolute atomic E-state index is 0. The predicted molar refractivity (Wildman–Crippen MR) is 91.3 cm³/mol. The summed E-state index contributed by atoms with van der Waals surface area (Å²) >= 11 is 0. The van der Waals surface area contributed by atoms with Crippen LogP contribution in [0.1, 0.15) is 0 Å². The fraction of sp³-hybridized carbons (Fsp3) is 0. The van der Waals surface area contributed by atoms with Crippen LogP contribution >= 0.6 is 23.5 Å². The monoisotopic (exact) mass is 466 g/mol. The van der Waals surface area contributed by atoms with Gasteiger partial charge >= 0.3 is 164 Å². The van der Waals surface area contributed by atoms with E-state index in [-0.39, 0.29) is 175 Å². The molecule has 0 aromatic carbocycles. The molecule has 21 heavy (non-hydrogen) atoms. The van der Waals surface area contributed by atoms with E-state index in [0.29, 0.717) is 0 Å². The Hall–Kier alpha value is 6.03. The van der Waals surface area contributed by atoms with Gasteiger partial charge in [-0.3, -0.25) is 0 Å². The van der Waals surface area contributed by atoms with Gasteiger partial charge in [-0.2, -0.15) is 0 Å². The van der Waals surface area contributed by atoms with Crippen molar-refractivity contribution < 1.29 is 57.7 Å². The molecule has 21 heteroatoms. The van der Waals surface area contributed by atoms with E-state index < -0.39 is 23.5 Å². The van der Waals surface area contributed by atoms with E-state index >= 15 is 0 Å². The number of hydrogen-bond donors (Lipinski definition) is 9. The Morgan fingerprint density at radius 2 is 0.429 bits per heavy atom. The fourth-order valence-corrected chi connectivity index (χ4v) is 0. The van der Waals surface area contributed by atoms with E-state index in [9.17, 15) is 0 Å². The summed E-state index contributed by atoms with van der Waals surface area (Å²) in [5.74, 6) is 0. The van der Waals surface area contributed by atoms with E-state index in [1.807, 2.05) is 0 Å². The molecule has 0 aromatic heterocycles. The van der Waals surface area contributed by atoms with Crippen LogP contribution in [0.25, 0.3) is 0 Å². The zero-order valence-electron chi connectivity index (χ0n) is 6.59. The molecule has 0 aromatic rings. The second kappa shape index (κ2) is 28.2. The summed E-state index contributed by atoms with van der Waals surface area (Å²) in [6.45, 7) is 0.